The topological polar surface area (TPSA) is 38.9 Å². The molecule has 0 saturated heterocycles. The highest BCUT2D eigenvalue weighted by Gasteiger charge is 2.32. The van der Waals surface area contributed by atoms with Crippen LogP contribution in [0.2, 0.25) is 0 Å². The molecule has 0 fully saturated rings. The Hall–Kier alpha value is -2.04. The number of rotatable bonds is 1. The molecule has 2 aromatic rings. The highest BCUT2D eigenvalue weighted by atomic mass is 19.4. The lowest BCUT2D eigenvalue weighted by atomic mass is 10.0. The molecular weight excluding hydrogens is 229 g/mol. The Labute approximate surface area is 95.9 Å². The molecule has 17 heavy (non-hydrogen) atoms. The summed E-state index contributed by atoms with van der Waals surface area (Å²) in [5.41, 5.74) is 5.90. The lowest BCUT2D eigenvalue weighted by Crippen LogP contribution is -2.08. The fourth-order valence-electron chi connectivity index (χ4n) is 1.49. The van der Waals surface area contributed by atoms with Crippen molar-refractivity contribution in [1.82, 2.24) is 4.98 Å². The third kappa shape index (κ3) is 2.38. The number of hydrogen-bond donors (Lipinski definition) is 1. The van der Waals surface area contributed by atoms with Crippen LogP contribution < -0.4 is 5.73 Å². The molecule has 0 aliphatic rings. The van der Waals surface area contributed by atoms with E-state index in [4.69, 9.17) is 5.73 Å². The average molecular weight is 238 g/mol. The van der Waals surface area contributed by atoms with E-state index < -0.39 is 11.9 Å². The smallest absolute Gasteiger partial charge is 0.397 e. The Morgan fingerprint density at radius 2 is 1.71 bits per heavy atom. The number of nitrogen functional groups attached to an aromatic ring is 1. The van der Waals surface area contributed by atoms with Crippen molar-refractivity contribution < 1.29 is 13.2 Å². The number of nitrogens with two attached hydrogens (primary N) is 1. The summed E-state index contributed by atoms with van der Waals surface area (Å²) in [6.07, 6.45) is -3.43. The maximum Gasteiger partial charge on any atom is 0.433 e. The molecule has 0 aliphatic carbocycles. The van der Waals surface area contributed by atoms with E-state index in [0.29, 0.717) is 11.1 Å². The first-order valence-corrected chi connectivity index (χ1v) is 4.86. The number of pyridine rings is 1. The maximum absolute atomic E-state index is 12.5. The van der Waals surface area contributed by atoms with E-state index >= 15 is 0 Å². The summed E-state index contributed by atoms with van der Waals surface area (Å²) in [6, 6.07) is 9.62. The van der Waals surface area contributed by atoms with E-state index in [2.05, 4.69) is 4.98 Å². The van der Waals surface area contributed by atoms with Gasteiger partial charge in [0.25, 0.3) is 0 Å². The molecule has 0 spiro atoms. The van der Waals surface area contributed by atoms with Crippen LogP contribution in [0.4, 0.5) is 18.9 Å². The van der Waals surface area contributed by atoms with Crippen LogP contribution in [0.15, 0.2) is 42.6 Å². The van der Waals surface area contributed by atoms with Crippen LogP contribution in [0.25, 0.3) is 11.1 Å². The Kier molecular flexibility index (Phi) is 2.75. The fourth-order valence-corrected chi connectivity index (χ4v) is 1.49. The van der Waals surface area contributed by atoms with Gasteiger partial charge in [-0.2, -0.15) is 13.2 Å². The first-order chi connectivity index (χ1) is 7.98. The van der Waals surface area contributed by atoms with Gasteiger partial charge in [-0.3, -0.25) is 0 Å². The standard InChI is InChI=1S/C12H9F3N2/c13-12(14,15)11-6-9(10(16)7-17-11)8-4-2-1-3-5-8/h1-7H,16H2. The van der Waals surface area contributed by atoms with Gasteiger partial charge in [0, 0.05) is 5.56 Å². The average Bonchev–Trinajstić information content (AvgIpc) is 2.29. The van der Waals surface area contributed by atoms with E-state index in [-0.39, 0.29) is 5.69 Å². The summed E-state index contributed by atoms with van der Waals surface area (Å²) in [5, 5.41) is 0. The molecule has 1 heterocycles. The second kappa shape index (κ2) is 4.08. The molecule has 0 atom stereocenters. The van der Waals surface area contributed by atoms with Gasteiger partial charge in [-0.1, -0.05) is 30.3 Å². The Morgan fingerprint density at radius 1 is 1.06 bits per heavy atom. The van der Waals surface area contributed by atoms with Crippen LogP contribution >= 0.6 is 0 Å². The predicted molar refractivity (Wildman–Crippen MR) is 59.1 cm³/mol. The fraction of sp³-hybridized carbons (Fsp3) is 0.0833. The van der Waals surface area contributed by atoms with Gasteiger partial charge in [-0.25, -0.2) is 4.98 Å². The summed E-state index contributed by atoms with van der Waals surface area (Å²) in [5.74, 6) is 0. The Morgan fingerprint density at radius 3 is 2.29 bits per heavy atom. The lowest BCUT2D eigenvalue weighted by Gasteiger charge is -2.10. The normalized spacial score (nSPS) is 11.5. The quantitative estimate of drug-likeness (QED) is 0.827. The van der Waals surface area contributed by atoms with Crippen LogP contribution in [-0.2, 0) is 6.18 Å². The third-order valence-electron chi connectivity index (χ3n) is 2.31. The largest absolute Gasteiger partial charge is 0.433 e. The minimum absolute atomic E-state index is 0.226. The predicted octanol–water partition coefficient (Wildman–Crippen LogP) is 3.35. The van der Waals surface area contributed by atoms with E-state index in [1.165, 1.54) is 0 Å². The van der Waals surface area contributed by atoms with Gasteiger partial charge >= 0.3 is 6.18 Å². The van der Waals surface area contributed by atoms with Crippen LogP contribution in [-0.4, -0.2) is 4.98 Å². The number of benzene rings is 1. The number of aromatic nitrogens is 1. The molecule has 2 N–H and O–H groups in total. The van der Waals surface area contributed by atoms with Crippen molar-refractivity contribution in [3.63, 3.8) is 0 Å². The van der Waals surface area contributed by atoms with Crippen molar-refractivity contribution in [2.24, 2.45) is 0 Å². The van der Waals surface area contributed by atoms with Gasteiger partial charge in [-0.15, -0.1) is 0 Å². The minimum Gasteiger partial charge on any atom is -0.397 e. The summed E-state index contributed by atoms with van der Waals surface area (Å²) in [4.78, 5) is 3.29. The monoisotopic (exact) mass is 238 g/mol. The van der Waals surface area contributed by atoms with Crippen molar-refractivity contribution in [2.75, 3.05) is 5.73 Å². The highest BCUT2D eigenvalue weighted by molar-refractivity contribution is 5.75. The number of alkyl halides is 3. The number of anilines is 1. The first-order valence-electron chi connectivity index (χ1n) is 4.86. The molecule has 0 bridgehead atoms. The van der Waals surface area contributed by atoms with Crippen molar-refractivity contribution in [2.45, 2.75) is 6.18 Å². The first kappa shape index (κ1) is 11.4. The van der Waals surface area contributed by atoms with E-state index in [1.54, 1.807) is 30.3 Å². The molecule has 0 radical (unpaired) electrons. The Balaban J connectivity index is 2.55. The third-order valence-corrected chi connectivity index (χ3v) is 2.31. The highest BCUT2D eigenvalue weighted by Crippen LogP contribution is 2.33. The zero-order chi connectivity index (χ0) is 12.5. The van der Waals surface area contributed by atoms with Crippen molar-refractivity contribution in [1.29, 1.82) is 0 Å². The number of halogens is 3. The maximum atomic E-state index is 12.5. The second-order valence-corrected chi connectivity index (χ2v) is 3.52. The molecular formula is C12H9F3N2. The van der Waals surface area contributed by atoms with Crippen LogP contribution in [0.1, 0.15) is 5.69 Å². The van der Waals surface area contributed by atoms with Gasteiger partial charge in [0.2, 0.25) is 0 Å². The summed E-state index contributed by atoms with van der Waals surface area (Å²) >= 11 is 0. The molecule has 0 saturated carbocycles. The summed E-state index contributed by atoms with van der Waals surface area (Å²) in [6.45, 7) is 0. The van der Waals surface area contributed by atoms with Crippen molar-refractivity contribution in [3.05, 3.63) is 48.3 Å². The molecule has 88 valence electrons. The molecule has 0 aliphatic heterocycles. The molecule has 0 amide bonds. The summed E-state index contributed by atoms with van der Waals surface area (Å²) in [7, 11) is 0. The van der Waals surface area contributed by atoms with E-state index in [9.17, 15) is 13.2 Å². The second-order valence-electron chi connectivity index (χ2n) is 3.52. The number of nitrogens with zero attached hydrogens (tertiary/aromatic N) is 1. The number of hydrogen-bond acceptors (Lipinski definition) is 2. The zero-order valence-corrected chi connectivity index (χ0v) is 8.70. The molecule has 1 aromatic heterocycles. The van der Waals surface area contributed by atoms with Gasteiger partial charge in [0.15, 0.2) is 0 Å². The molecule has 2 nitrogen and oxygen atoms in total. The minimum atomic E-state index is -4.46. The molecule has 5 heteroatoms. The van der Waals surface area contributed by atoms with Crippen molar-refractivity contribution in [3.8, 4) is 11.1 Å². The van der Waals surface area contributed by atoms with Gasteiger partial charge in [-0.05, 0) is 11.6 Å². The molecule has 0 unspecified atom stereocenters. The van der Waals surface area contributed by atoms with E-state index in [1.807, 2.05) is 0 Å². The zero-order valence-electron chi connectivity index (χ0n) is 8.70. The van der Waals surface area contributed by atoms with Crippen molar-refractivity contribution >= 4 is 5.69 Å². The van der Waals surface area contributed by atoms with Gasteiger partial charge in [0.05, 0.1) is 11.9 Å². The molecule has 2 rings (SSSR count). The lowest BCUT2D eigenvalue weighted by molar-refractivity contribution is -0.141. The van der Waals surface area contributed by atoms with E-state index in [0.717, 1.165) is 12.3 Å². The summed E-state index contributed by atoms with van der Waals surface area (Å²) < 4.78 is 37.5. The Bertz CT molecular complexity index is 521. The van der Waals surface area contributed by atoms with Gasteiger partial charge < -0.3 is 5.73 Å². The van der Waals surface area contributed by atoms with Crippen LogP contribution in [0.5, 0.6) is 0 Å². The molecule has 1 aromatic carbocycles. The van der Waals surface area contributed by atoms with Crippen LogP contribution in [0.3, 0.4) is 0 Å². The SMILES string of the molecule is Nc1cnc(C(F)(F)F)cc1-c1ccccc1. The van der Waals surface area contributed by atoms with Crippen LogP contribution in [0, 0.1) is 0 Å². The van der Waals surface area contributed by atoms with Gasteiger partial charge in [0.1, 0.15) is 5.69 Å².